The number of hydrogen-bond donors (Lipinski definition) is 0. The summed E-state index contributed by atoms with van der Waals surface area (Å²) in [5, 5.41) is 0. The summed E-state index contributed by atoms with van der Waals surface area (Å²) in [5.41, 5.74) is -0.0709. The van der Waals surface area contributed by atoms with Gasteiger partial charge in [-0.1, -0.05) is 0 Å². The van der Waals surface area contributed by atoms with Crippen molar-refractivity contribution in [2.75, 3.05) is 27.2 Å². The van der Waals surface area contributed by atoms with Gasteiger partial charge in [0, 0.05) is 26.8 Å². The second-order valence-corrected chi connectivity index (χ2v) is 3.96. The van der Waals surface area contributed by atoms with Crippen molar-refractivity contribution in [1.82, 2.24) is 14.8 Å². The number of halogens is 1. The van der Waals surface area contributed by atoms with Crippen LogP contribution in [0.25, 0.3) is 0 Å². The van der Waals surface area contributed by atoms with Crippen LogP contribution in [0.3, 0.4) is 0 Å². The van der Waals surface area contributed by atoms with E-state index in [0.717, 1.165) is 6.20 Å². The molecule has 0 aliphatic rings. The Bertz CT molecular complexity index is 449. The third-order valence-electron chi connectivity index (χ3n) is 2.50. The van der Waals surface area contributed by atoms with Crippen molar-refractivity contribution in [3.05, 3.63) is 29.8 Å². The van der Waals surface area contributed by atoms with Gasteiger partial charge in [0.1, 0.15) is 0 Å². The van der Waals surface area contributed by atoms with Crippen LogP contribution in [-0.4, -0.2) is 53.8 Å². The molecule has 0 radical (unpaired) electrons. The molecule has 0 unspecified atom stereocenters. The topological polar surface area (TPSA) is 53.5 Å². The SMILES string of the molecule is CCN(CC(=O)N(C)C)C(=O)c1ccncc1F. The predicted octanol–water partition coefficient (Wildman–Crippen LogP) is 0.771. The largest absolute Gasteiger partial charge is 0.347 e. The Labute approximate surface area is 105 Å². The van der Waals surface area contributed by atoms with Gasteiger partial charge in [0.05, 0.1) is 18.3 Å². The summed E-state index contributed by atoms with van der Waals surface area (Å²) < 4.78 is 13.4. The monoisotopic (exact) mass is 253 g/mol. The maximum absolute atomic E-state index is 13.4. The molecule has 0 fully saturated rings. The van der Waals surface area contributed by atoms with Crippen molar-refractivity contribution in [3.8, 4) is 0 Å². The number of carbonyl (C=O) groups excluding carboxylic acids is 2. The number of rotatable bonds is 4. The molecule has 0 aromatic carbocycles. The average Bonchev–Trinajstić information content (AvgIpc) is 2.35. The van der Waals surface area contributed by atoms with Gasteiger partial charge in [-0.05, 0) is 13.0 Å². The van der Waals surface area contributed by atoms with E-state index in [4.69, 9.17) is 0 Å². The quantitative estimate of drug-likeness (QED) is 0.796. The van der Waals surface area contributed by atoms with Crippen molar-refractivity contribution in [1.29, 1.82) is 0 Å². The number of pyridine rings is 1. The Morgan fingerprint density at radius 2 is 2.06 bits per heavy atom. The van der Waals surface area contributed by atoms with E-state index in [2.05, 4.69) is 4.98 Å². The van der Waals surface area contributed by atoms with Crippen LogP contribution in [0.15, 0.2) is 18.5 Å². The van der Waals surface area contributed by atoms with Crippen molar-refractivity contribution in [2.45, 2.75) is 6.92 Å². The molecular weight excluding hydrogens is 237 g/mol. The van der Waals surface area contributed by atoms with Gasteiger partial charge < -0.3 is 9.80 Å². The number of carbonyl (C=O) groups is 2. The van der Waals surface area contributed by atoms with E-state index in [0.29, 0.717) is 6.54 Å². The first-order valence-corrected chi connectivity index (χ1v) is 5.56. The summed E-state index contributed by atoms with van der Waals surface area (Å²) in [7, 11) is 3.21. The molecule has 0 bridgehead atoms. The van der Waals surface area contributed by atoms with E-state index >= 15 is 0 Å². The maximum Gasteiger partial charge on any atom is 0.257 e. The first kappa shape index (κ1) is 14.1. The molecule has 0 atom stereocenters. The highest BCUT2D eigenvalue weighted by Crippen LogP contribution is 2.08. The fourth-order valence-corrected chi connectivity index (χ4v) is 1.35. The second kappa shape index (κ2) is 6.09. The molecule has 18 heavy (non-hydrogen) atoms. The molecule has 0 saturated heterocycles. The van der Waals surface area contributed by atoms with Crippen LogP contribution in [0, 0.1) is 5.82 Å². The number of hydrogen-bond acceptors (Lipinski definition) is 3. The molecule has 6 heteroatoms. The van der Waals surface area contributed by atoms with E-state index in [9.17, 15) is 14.0 Å². The van der Waals surface area contributed by atoms with Crippen LogP contribution in [0.2, 0.25) is 0 Å². The maximum atomic E-state index is 13.4. The van der Waals surface area contributed by atoms with Gasteiger partial charge in [0.15, 0.2) is 5.82 Å². The lowest BCUT2D eigenvalue weighted by Crippen LogP contribution is -2.40. The normalized spacial score (nSPS) is 10.0. The number of amides is 2. The van der Waals surface area contributed by atoms with Gasteiger partial charge in [0.25, 0.3) is 5.91 Å². The molecule has 0 aliphatic carbocycles. The Kier molecular flexibility index (Phi) is 4.76. The fraction of sp³-hybridized carbons (Fsp3) is 0.417. The van der Waals surface area contributed by atoms with E-state index in [1.54, 1.807) is 21.0 Å². The minimum absolute atomic E-state index is 0.0654. The van der Waals surface area contributed by atoms with E-state index in [-0.39, 0.29) is 18.0 Å². The van der Waals surface area contributed by atoms with Gasteiger partial charge in [-0.25, -0.2) is 4.39 Å². The van der Waals surface area contributed by atoms with Gasteiger partial charge in [0.2, 0.25) is 5.91 Å². The van der Waals surface area contributed by atoms with E-state index < -0.39 is 11.7 Å². The van der Waals surface area contributed by atoms with E-state index in [1.807, 2.05) is 0 Å². The Balaban J connectivity index is 2.87. The molecule has 2 amide bonds. The highest BCUT2D eigenvalue weighted by molar-refractivity contribution is 5.96. The predicted molar refractivity (Wildman–Crippen MR) is 64.5 cm³/mol. The summed E-state index contributed by atoms with van der Waals surface area (Å²) in [6, 6.07) is 1.31. The van der Waals surface area contributed by atoms with Gasteiger partial charge in [-0.3, -0.25) is 14.6 Å². The molecule has 5 nitrogen and oxygen atoms in total. The summed E-state index contributed by atoms with van der Waals surface area (Å²) >= 11 is 0. The highest BCUT2D eigenvalue weighted by Gasteiger charge is 2.20. The van der Waals surface area contributed by atoms with E-state index in [1.165, 1.54) is 22.1 Å². The van der Waals surface area contributed by atoms with Gasteiger partial charge in [-0.15, -0.1) is 0 Å². The van der Waals surface area contributed by atoms with Crippen LogP contribution >= 0.6 is 0 Å². The number of likely N-dealkylation sites (N-methyl/N-ethyl adjacent to an activating group) is 2. The van der Waals surface area contributed by atoms with Crippen LogP contribution in [0.5, 0.6) is 0 Å². The molecule has 0 spiro atoms. The standard InChI is InChI=1S/C12H16FN3O2/c1-4-16(8-11(17)15(2)3)12(18)9-5-6-14-7-10(9)13/h5-7H,4,8H2,1-3H3. The summed E-state index contributed by atoms with van der Waals surface area (Å²) in [5.74, 6) is -1.40. The first-order chi connectivity index (χ1) is 8.47. The molecule has 0 aliphatic heterocycles. The molecular formula is C12H16FN3O2. The van der Waals surface area contributed by atoms with Gasteiger partial charge in [-0.2, -0.15) is 0 Å². The zero-order valence-corrected chi connectivity index (χ0v) is 10.7. The molecule has 1 rings (SSSR count). The summed E-state index contributed by atoms with van der Waals surface area (Å²) in [4.78, 5) is 29.9. The molecule has 0 saturated carbocycles. The third kappa shape index (κ3) is 3.26. The van der Waals surface area contributed by atoms with Gasteiger partial charge >= 0.3 is 0 Å². The van der Waals surface area contributed by atoms with Crippen molar-refractivity contribution >= 4 is 11.8 Å². The summed E-state index contributed by atoms with van der Waals surface area (Å²) in [6.45, 7) is 2.00. The number of nitrogens with zero attached hydrogens (tertiary/aromatic N) is 3. The lowest BCUT2D eigenvalue weighted by atomic mass is 10.2. The van der Waals surface area contributed by atoms with Crippen LogP contribution in [-0.2, 0) is 4.79 Å². The van der Waals surface area contributed by atoms with Crippen LogP contribution in [0.4, 0.5) is 4.39 Å². The Morgan fingerprint density at radius 1 is 1.39 bits per heavy atom. The second-order valence-electron chi connectivity index (χ2n) is 3.96. The minimum Gasteiger partial charge on any atom is -0.347 e. The zero-order valence-electron chi connectivity index (χ0n) is 10.7. The third-order valence-corrected chi connectivity index (χ3v) is 2.50. The summed E-state index contributed by atoms with van der Waals surface area (Å²) in [6.07, 6.45) is 2.33. The van der Waals surface area contributed by atoms with Crippen LogP contribution in [0.1, 0.15) is 17.3 Å². The Morgan fingerprint density at radius 3 is 2.56 bits per heavy atom. The highest BCUT2D eigenvalue weighted by atomic mass is 19.1. The number of aromatic nitrogens is 1. The zero-order chi connectivity index (χ0) is 13.7. The Hall–Kier alpha value is -1.98. The fourth-order valence-electron chi connectivity index (χ4n) is 1.35. The molecule has 98 valence electrons. The molecule has 1 aromatic rings. The molecule has 1 aromatic heterocycles. The minimum atomic E-state index is -0.682. The van der Waals surface area contributed by atoms with Crippen molar-refractivity contribution < 1.29 is 14.0 Å². The van der Waals surface area contributed by atoms with Crippen molar-refractivity contribution in [2.24, 2.45) is 0 Å². The lowest BCUT2D eigenvalue weighted by molar-refractivity contribution is -0.129. The van der Waals surface area contributed by atoms with Crippen molar-refractivity contribution in [3.63, 3.8) is 0 Å². The average molecular weight is 253 g/mol. The first-order valence-electron chi connectivity index (χ1n) is 5.56. The lowest BCUT2D eigenvalue weighted by Gasteiger charge is -2.22. The molecule has 0 N–H and O–H groups in total. The van der Waals surface area contributed by atoms with Crippen LogP contribution < -0.4 is 0 Å². The smallest absolute Gasteiger partial charge is 0.257 e. The molecule has 1 heterocycles.